The molecule has 0 atom stereocenters. The molecular weight excluding hydrogens is 224 g/mol. The number of hydrogen-bond acceptors (Lipinski definition) is 2. The zero-order chi connectivity index (χ0) is 12.9. The predicted molar refractivity (Wildman–Crippen MR) is 72.7 cm³/mol. The Morgan fingerprint density at radius 1 is 1.28 bits per heavy atom. The Hall–Kier alpha value is -1.35. The van der Waals surface area contributed by atoms with Gasteiger partial charge in [0.1, 0.15) is 0 Å². The van der Waals surface area contributed by atoms with E-state index in [1.807, 2.05) is 0 Å². The highest BCUT2D eigenvalue weighted by Crippen LogP contribution is 2.48. The van der Waals surface area contributed by atoms with Crippen molar-refractivity contribution in [3.8, 4) is 0 Å². The molecule has 18 heavy (non-hydrogen) atoms. The van der Waals surface area contributed by atoms with Crippen LogP contribution in [0.25, 0.3) is 0 Å². The zero-order valence-corrected chi connectivity index (χ0v) is 11.0. The summed E-state index contributed by atoms with van der Waals surface area (Å²) in [4.78, 5) is 12.4. The first kappa shape index (κ1) is 11.7. The van der Waals surface area contributed by atoms with Crippen molar-refractivity contribution < 1.29 is 4.79 Å². The summed E-state index contributed by atoms with van der Waals surface area (Å²) in [5.41, 5.74) is 10.4. The molecule has 1 fully saturated rings. The molecule has 3 nitrogen and oxygen atoms in total. The molecule has 3 N–H and O–H groups in total. The molecule has 1 spiro atoms. The number of amides is 1. The van der Waals surface area contributed by atoms with E-state index in [1.54, 1.807) is 0 Å². The van der Waals surface area contributed by atoms with Gasteiger partial charge in [0.25, 0.3) is 0 Å². The van der Waals surface area contributed by atoms with Crippen LogP contribution < -0.4 is 11.1 Å². The van der Waals surface area contributed by atoms with Gasteiger partial charge in [-0.1, -0.05) is 6.07 Å². The molecule has 0 unspecified atom stereocenters. The lowest BCUT2D eigenvalue weighted by Crippen LogP contribution is -2.42. The molecule has 3 rings (SSSR count). The first-order chi connectivity index (χ1) is 8.53. The van der Waals surface area contributed by atoms with Gasteiger partial charge in [-0.15, -0.1) is 0 Å². The number of carbonyl (C=O) groups is 1. The molecule has 0 saturated heterocycles. The number of carbonyl (C=O) groups excluding carboxylic acids is 1. The lowest BCUT2D eigenvalue weighted by molar-refractivity contribution is -0.122. The fourth-order valence-electron chi connectivity index (χ4n) is 3.67. The molecule has 1 heterocycles. The molecule has 0 aromatic heterocycles. The molecule has 1 aliphatic heterocycles. The van der Waals surface area contributed by atoms with Crippen LogP contribution in [0.2, 0.25) is 0 Å². The summed E-state index contributed by atoms with van der Waals surface area (Å²) >= 11 is 0. The summed E-state index contributed by atoms with van der Waals surface area (Å²) in [5, 5.41) is 3.07. The van der Waals surface area contributed by atoms with Crippen molar-refractivity contribution >= 4 is 11.6 Å². The summed E-state index contributed by atoms with van der Waals surface area (Å²) < 4.78 is 0. The topological polar surface area (TPSA) is 55.1 Å². The summed E-state index contributed by atoms with van der Waals surface area (Å²) in [6.07, 6.45) is 3.66. The van der Waals surface area contributed by atoms with Crippen LogP contribution in [0.4, 0.5) is 5.69 Å². The Balaban J connectivity index is 2.12. The number of benzene rings is 1. The van der Waals surface area contributed by atoms with Gasteiger partial charge >= 0.3 is 0 Å². The van der Waals surface area contributed by atoms with Gasteiger partial charge in [0.05, 0.1) is 5.41 Å². The van der Waals surface area contributed by atoms with Crippen LogP contribution in [0.15, 0.2) is 12.1 Å². The second kappa shape index (κ2) is 3.82. The molecule has 1 saturated carbocycles. The Morgan fingerprint density at radius 3 is 2.61 bits per heavy atom. The fourth-order valence-corrected chi connectivity index (χ4v) is 3.67. The lowest BCUT2D eigenvalue weighted by Gasteiger charge is -2.35. The van der Waals surface area contributed by atoms with Crippen LogP contribution in [0.1, 0.15) is 42.4 Å². The van der Waals surface area contributed by atoms with Crippen molar-refractivity contribution in [1.29, 1.82) is 0 Å². The van der Waals surface area contributed by atoms with E-state index < -0.39 is 0 Å². The average molecular weight is 244 g/mol. The van der Waals surface area contributed by atoms with Gasteiger partial charge < -0.3 is 11.1 Å². The van der Waals surface area contributed by atoms with E-state index in [4.69, 9.17) is 5.73 Å². The van der Waals surface area contributed by atoms with Gasteiger partial charge in [-0.25, -0.2) is 0 Å². The lowest BCUT2D eigenvalue weighted by atomic mass is 9.68. The number of hydrogen-bond donors (Lipinski definition) is 2. The molecule has 1 aromatic carbocycles. The minimum absolute atomic E-state index is 0.179. The van der Waals surface area contributed by atoms with Crippen LogP contribution in [0, 0.1) is 13.8 Å². The second-order valence-corrected chi connectivity index (χ2v) is 5.88. The van der Waals surface area contributed by atoms with E-state index in [2.05, 4.69) is 31.3 Å². The second-order valence-electron chi connectivity index (χ2n) is 5.88. The van der Waals surface area contributed by atoms with Crippen molar-refractivity contribution in [3.63, 3.8) is 0 Å². The van der Waals surface area contributed by atoms with Gasteiger partial charge in [-0.05, 0) is 62.3 Å². The molecule has 2 aliphatic rings. The van der Waals surface area contributed by atoms with Crippen LogP contribution in [0.3, 0.4) is 0 Å². The van der Waals surface area contributed by atoms with Crippen molar-refractivity contribution in [2.75, 3.05) is 5.32 Å². The number of aryl methyl sites for hydroxylation is 2. The van der Waals surface area contributed by atoms with E-state index in [9.17, 15) is 4.79 Å². The number of nitrogens with one attached hydrogen (secondary N) is 1. The van der Waals surface area contributed by atoms with Crippen molar-refractivity contribution in [2.45, 2.75) is 51.0 Å². The zero-order valence-electron chi connectivity index (χ0n) is 11.0. The third-order valence-electron chi connectivity index (χ3n) is 4.53. The fraction of sp³-hybridized carbons (Fsp3) is 0.533. The smallest absolute Gasteiger partial charge is 0.235 e. The number of rotatable bonds is 0. The van der Waals surface area contributed by atoms with Crippen LogP contribution in [-0.2, 0) is 10.2 Å². The maximum absolute atomic E-state index is 12.4. The predicted octanol–water partition coefficient (Wildman–Crippen LogP) is 2.39. The first-order valence-electron chi connectivity index (χ1n) is 6.72. The molecular formula is C15H20N2O. The quantitative estimate of drug-likeness (QED) is 0.736. The third kappa shape index (κ3) is 1.50. The van der Waals surface area contributed by atoms with Crippen molar-refractivity contribution in [2.24, 2.45) is 5.73 Å². The van der Waals surface area contributed by atoms with Gasteiger partial charge in [-0.3, -0.25) is 4.79 Å². The Kier molecular flexibility index (Phi) is 2.49. The van der Waals surface area contributed by atoms with Crippen molar-refractivity contribution in [3.05, 3.63) is 28.8 Å². The number of fused-ring (bicyclic) bond motifs is 2. The molecule has 96 valence electrons. The molecule has 1 aromatic rings. The first-order valence-corrected chi connectivity index (χ1v) is 6.72. The summed E-state index contributed by atoms with van der Waals surface area (Å²) in [6.45, 7) is 4.18. The molecule has 1 amide bonds. The molecule has 0 bridgehead atoms. The van der Waals surface area contributed by atoms with Crippen LogP contribution in [-0.4, -0.2) is 11.9 Å². The molecule has 1 aliphatic carbocycles. The average Bonchev–Trinajstić information content (AvgIpc) is 2.56. The van der Waals surface area contributed by atoms with Gasteiger partial charge in [0.2, 0.25) is 5.91 Å². The van der Waals surface area contributed by atoms with Crippen LogP contribution in [0.5, 0.6) is 0 Å². The standard InChI is InChI=1S/C15H20N2O/c1-9-7-10(2)13-12(8-9)17-14(18)15(13)5-3-11(16)4-6-15/h7-8,11H,3-6,16H2,1-2H3,(H,17,18). The third-order valence-corrected chi connectivity index (χ3v) is 4.53. The highest BCUT2D eigenvalue weighted by atomic mass is 16.2. The molecule has 0 radical (unpaired) electrons. The summed E-state index contributed by atoms with van der Waals surface area (Å²) in [5.74, 6) is 0.179. The minimum Gasteiger partial charge on any atom is -0.328 e. The Morgan fingerprint density at radius 2 is 1.94 bits per heavy atom. The Bertz CT molecular complexity index is 513. The van der Waals surface area contributed by atoms with E-state index >= 15 is 0 Å². The minimum atomic E-state index is -0.303. The van der Waals surface area contributed by atoms with Gasteiger partial charge in [0.15, 0.2) is 0 Å². The van der Waals surface area contributed by atoms with Crippen molar-refractivity contribution in [1.82, 2.24) is 0 Å². The SMILES string of the molecule is Cc1cc(C)c2c(c1)NC(=O)C21CCC(N)CC1. The summed E-state index contributed by atoms with van der Waals surface area (Å²) in [7, 11) is 0. The number of nitrogens with two attached hydrogens (primary N) is 1. The largest absolute Gasteiger partial charge is 0.328 e. The highest BCUT2D eigenvalue weighted by Gasteiger charge is 2.48. The van der Waals surface area contributed by atoms with Gasteiger partial charge in [0, 0.05) is 11.7 Å². The molecule has 3 heteroatoms. The monoisotopic (exact) mass is 244 g/mol. The summed E-state index contributed by atoms with van der Waals surface area (Å²) in [6, 6.07) is 4.53. The van der Waals surface area contributed by atoms with E-state index in [0.717, 1.165) is 31.4 Å². The highest BCUT2D eigenvalue weighted by molar-refractivity contribution is 6.06. The maximum Gasteiger partial charge on any atom is 0.235 e. The number of anilines is 1. The van der Waals surface area contributed by atoms with E-state index in [0.29, 0.717) is 0 Å². The van der Waals surface area contributed by atoms with E-state index in [1.165, 1.54) is 16.7 Å². The Labute approximate surface area is 108 Å². The normalized spacial score (nSPS) is 30.4. The van der Waals surface area contributed by atoms with E-state index in [-0.39, 0.29) is 17.4 Å². The maximum atomic E-state index is 12.4. The van der Waals surface area contributed by atoms with Gasteiger partial charge in [-0.2, -0.15) is 0 Å². The van der Waals surface area contributed by atoms with Crippen LogP contribution >= 0.6 is 0 Å².